The lowest BCUT2D eigenvalue weighted by atomic mass is 10.2. The van der Waals surface area contributed by atoms with Crippen molar-refractivity contribution < 1.29 is 4.79 Å². The number of nitrogens with one attached hydrogen (secondary N) is 2. The van der Waals surface area contributed by atoms with Gasteiger partial charge in [0.25, 0.3) is 0 Å². The molecule has 1 saturated heterocycles. The lowest BCUT2D eigenvalue weighted by molar-refractivity contribution is 0.172. The van der Waals surface area contributed by atoms with E-state index in [4.69, 9.17) is 0 Å². The van der Waals surface area contributed by atoms with Crippen molar-refractivity contribution >= 4 is 6.03 Å². The molecule has 0 aromatic heterocycles. The van der Waals surface area contributed by atoms with Gasteiger partial charge in [-0.1, -0.05) is 0 Å². The Hall–Kier alpha value is -0.770. The molecule has 2 amide bonds. The van der Waals surface area contributed by atoms with E-state index < -0.39 is 0 Å². The number of nitrogens with zero attached hydrogens (tertiary/aromatic N) is 1. The summed E-state index contributed by atoms with van der Waals surface area (Å²) >= 11 is 0. The number of carbonyl (C=O) groups excluding carboxylic acids is 1. The van der Waals surface area contributed by atoms with E-state index in [9.17, 15) is 4.79 Å². The highest BCUT2D eigenvalue weighted by Gasteiger charge is 2.50. The lowest BCUT2D eigenvalue weighted by Crippen LogP contribution is -2.50. The molecule has 1 saturated carbocycles. The Morgan fingerprint density at radius 1 is 1.57 bits per heavy atom. The highest BCUT2D eigenvalue weighted by Crippen LogP contribution is 2.41. The van der Waals surface area contributed by atoms with Gasteiger partial charge >= 0.3 is 6.03 Å². The van der Waals surface area contributed by atoms with Crippen molar-refractivity contribution in [3.05, 3.63) is 0 Å². The molecule has 4 heteroatoms. The van der Waals surface area contributed by atoms with Gasteiger partial charge in [-0.25, -0.2) is 4.79 Å². The van der Waals surface area contributed by atoms with Crippen LogP contribution in [0, 0.1) is 0 Å². The van der Waals surface area contributed by atoms with Crippen molar-refractivity contribution in [1.82, 2.24) is 15.5 Å². The average molecular weight is 197 g/mol. The van der Waals surface area contributed by atoms with E-state index in [0.29, 0.717) is 0 Å². The van der Waals surface area contributed by atoms with Crippen LogP contribution in [0.1, 0.15) is 26.2 Å². The number of carbonyl (C=O) groups is 1. The molecule has 14 heavy (non-hydrogen) atoms. The summed E-state index contributed by atoms with van der Waals surface area (Å²) in [6.45, 7) is 5.60. The summed E-state index contributed by atoms with van der Waals surface area (Å²) in [5.74, 6) is 0. The molecule has 2 fully saturated rings. The maximum atomic E-state index is 11.8. The Labute approximate surface area is 85.0 Å². The summed E-state index contributed by atoms with van der Waals surface area (Å²) in [5.41, 5.74) is 0.162. The minimum atomic E-state index is 0.119. The highest BCUT2D eigenvalue weighted by atomic mass is 16.2. The summed E-state index contributed by atoms with van der Waals surface area (Å²) in [5, 5.41) is 6.30. The van der Waals surface area contributed by atoms with Crippen molar-refractivity contribution in [1.29, 1.82) is 0 Å². The maximum absolute atomic E-state index is 11.8. The third kappa shape index (κ3) is 1.71. The van der Waals surface area contributed by atoms with Crippen LogP contribution in [0.15, 0.2) is 0 Å². The fourth-order valence-corrected chi connectivity index (χ4v) is 2.17. The maximum Gasteiger partial charge on any atom is 0.317 e. The van der Waals surface area contributed by atoms with E-state index in [1.54, 1.807) is 0 Å². The molecule has 1 aliphatic heterocycles. The number of rotatable bonds is 1. The van der Waals surface area contributed by atoms with Crippen LogP contribution in [0.2, 0.25) is 0 Å². The fraction of sp³-hybridized carbons (Fsp3) is 0.900. The highest BCUT2D eigenvalue weighted by molar-refractivity contribution is 5.75. The van der Waals surface area contributed by atoms with Crippen LogP contribution in [-0.2, 0) is 0 Å². The Morgan fingerprint density at radius 2 is 2.36 bits per heavy atom. The Morgan fingerprint density at radius 3 is 3.00 bits per heavy atom. The van der Waals surface area contributed by atoms with Gasteiger partial charge < -0.3 is 15.5 Å². The Balaban J connectivity index is 2.02. The summed E-state index contributed by atoms with van der Waals surface area (Å²) < 4.78 is 0. The molecule has 1 heterocycles. The first-order valence-corrected chi connectivity index (χ1v) is 5.55. The molecule has 0 bridgehead atoms. The van der Waals surface area contributed by atoms with Crippen LogP contribution in [0.4, 0.5) is 4.79 Å². The monoisotopic (exact) mass is 197 g/mol. The van der Waals surface area contributed by atoms with Crippen molar-refractivity contribution in [2.24, 2.45) is 0 Å². The smallest absolute Gasteiger partial charge is 0.317 e. The molecule has 0 aromatic rings. The van der Waals surface area contributed by atoms with Gasteiger partial charge in [-0.15, -0.1) is 0 Å². The second-order valence-corrected chi connectivity index (χ2v) is 4.24. The second-order valence-electron chi connectivity index (χ2n) is 4.24. The molecule has 2 N–H and O–H groups in total. The van der Waals surface area contributed by atoms with Gasteiger partial charge in [0.05, 0.1) is 5.54 Å². The molecule has 4 nitrogen and oxygen atoms in total. The van der Waals surface area contributed by atoms with Crippen LogP contribution in [0.25, 0.3) is 0 Å². The second kappa shape index (κ2) is 3.77. The summed E-state index contributed by atoms with van der Waals surface area (Å²) in [6.07, 6.45) is 3.40. The predicted octanol–water partition coefficient (Wildman–Crippen LogP) is 0.544. The molecule has 80 valence electrons. The van der Waals surface area contributed by atoms with E-state index in [-0.39, 0.29) is 11.6 Å². The van der Waals surface area contributed by atoms with E-state index in [0.717, 1.165) is 45.4 Å². The van der Waals surface area contributed by atoms with Crippen LogP contribution >= 0.6 is 0 Å². The molecule has 2 aliphatic rings. The zero-order valence-corrected chi connectivity index (χ0v) is 8.81. The summed E-state index contributed by atoms with van der Waals surface area (Å²) in [6, 6.07) is 0.119. The van der Waals surface area contributed by atoms with E-state index in [2.05, 4.69) is 10.6 Å². The summed E-state index contributed by atoms with van der Waals surface area (Å²) in [7, 11) is 0. The van der Waals surface area contributed by atoms with Gasteiger partial charge in [0, 0.05) is 19.6 Å². The topological polar surface area (TPSA) is 44.4 Å². The van der Waals surface area contributed by atoms with Gasteiger partial charge in [0.2, 0.25) is 0 Å². The van der Waals surface area contributed by atoms with Gasteiger partial charge in [-0.05, 0) is 32.7 Å². The van der Waals surface area contributed by atoms with E-state index in [1.807, 2.05) is 11.8 Å². The van der Waals surface area contributed by atoms with Gasteiger partial charge in [-0.2, -0.15) is 0 Å². The standard InChI is InChI=1S/C10H19N3O/c1-2-12-9(14)13-7-3-6-11-8-10(13)4-5-10/h11H,2-8H2,1H3,(H,12,14). The molecule has 1 spiro atoms. The van der Waals surface area contributed by atoms with Gasteiger partial charge in [0.1, 0.15) is 0 Å². The molecule has 0 radical (unpaired) electrons. The van der Waals surface area contributed by atoms with Gasteiger partial charge in [-0.3, -0.25) is 0 Å². The molecule has 1 aliphatic carbocycles. The van der Waals surface area contributed by atoms with Crippen LogP contribution in [0.5, 0.6) is 0 Å². The normalized spacial score (nSPS) is 24.5. The largest absolute Gasteiger partial charge is 0.338 e. The van der Waals surface area contributed by atoms with E-state index in [1.165, 1.54) is 0 Å². The number of amides is 2. The third-order valence-electron chi connectivity index (χ3n) is 3.16. The summed E-state index contributed by atoms with van der Waals surface area (Å²) in [4.78, 5) is 13.8. The number of hydrogen-bond acceptors (Lipinski definition) is 2. The Bertz CT molecular complexity index is 225. The molecule has 0 atom stereocenters. The Kier molecular flexibility index (Phi) is 2.63. The van der Waals surface area contributed by atoms with Crippen LogP contribution in [-0.4, -0.2) is 42.6 Å². The zero-order valence-electron chi connectivity index (χ0n) is 8.81. The van der Waals surface area contributed by atoms with Crippen molar-refractivity contribution in [2.75, 3.05) is 26.2 Å². The lowest BCUT2D eigenvalue weighted by Gasteiger charge is -2.29. The SMILES string of the molecule is CCNC(=O)N1CCCNCC12CC2. The molecule has 0 unspecified atom stereocenters. The van der Waals surface area contributed by atoms with Crippen molar-refractivity contribution in [3.63, 3.8) is 0 Å². The predicted molar refractivity (Wildman–Crippen MR) is 55.2 cm³/mol. The first kappa shape index (κ1) is 9.77. The van der Waals surface area contributed by atoms with Gasteiger partial charge in [0.15, 0.2) is 0 Å². The third-order valence-corrected chi connectivity index (χ3v) is 3.16. The number of hydrogen-bond donors (Lipinski definition) is 2. The molecule has 0 aromatic carbocycles. The number of urea groups is 1. The minimum Gasteiger partial charge on any atom is -0.338 e. The first-order valence-electron chi connectivity index (χ1n) is 5.55. The average Bonchev–Trinajstić information content (AvgIpc) is 2.95. The van der Waals surface area contributed by atoms with Crippen LogP contribution < -0.4 is 10.6 Å². The fourth-order valence-electron chi connectivity index (χ4n) is 2.17. The van der Waals surface area contributed by atoms with Crippen molar-refractivity contribution in [2.45, 2.75) is 31.7 Å². The first-order chi connectivity index (χ1) is 6.78. The van der Waals surface area contributed by atoms with E-state index >= 15 is 0 Å². The molecular formula is C10H19N3O. The van der Waals surface area contributed by atoms with Crippen LogP contribution in [0.3, 0.4) is 0 Å². The minimum absolute atomic E-state index is 0.119. The molecular weight excluding hydrogens is 178 g/mol. The van der Waals surface area contributed by atoms with Crippen molar-refractivity contribution in [3.8, 4) is 0 Å². The molecule has 2 rings (SSSR count). The quantitative estimate of drug-likeness (QED) is 0.644. The zero-order chi connectivity index (χ0) is 10.0.